The quantitative estimate of drug-likeness (QED) is 0.0345. The van der Waals surface area contributed by atoms with Gasteiger partial charge in [0.05, 0.1) is 6.61 Å². The van der Waals surface area contributed by atoms with Crippen molar-refractivity contribution in [2.24, 2.45) is 0 Å². The molecule has 0 saturated carbocycles. The minimum atomic E-state index is -0.580. The average Bonchev–Trinajstić information content (AvgIpc) is 3.36. The van der Waals surface area contributed by atoms with E-state index < -0.39 is 6.10 Å². The summed E-state index contributed by atoms with van der Waals surface area (Å²) in [5, 5.41) is 0. The topological polar surface area (TPSA) is 61.8 Å². The van der Waals surface area contributed by atoms with E-state index in [4.69, 9.17) is 14.2 Å². The Morgan fingerprint density at radius 2 is 0.643 bits per heavy atom. The van der Waals surface area contributed by atoms with Gasteiger partial charge in [-0.05, 0) is 135 Å². The van der Waals surface area contributed by atoms with Crippen LogP contribution in [0.3, 0.4) is 0 Å². The highest BCUT2D eigenvalue weighted by molar-refractivity contribution is 5.70. The Bertz CT molecular complexity index is 1470. The van der Waals surface area contributed by atoms with E-state index in [0.717, 1.165) is 122 Å². The Kier molecular flexibility index (Phi) is 56.0. The molecular weight excluding hydrogens is 861 g/mol. The molecular formula is C65H106O5. The summed E-state index contributed by atoms with van der Waals surface area (Å²) in [5.74, 6) is -0.473. The molecule has 396 valence electrons. The van der Waals surface area contributed by atoms with E-state index in [0.29, 0.717) is 19.4 Å². The van der Waals surface area contributed by atoms with Gasteiger partial charge in [0.2, 0.25) is 0 Å². The molecule has 0 heterocycles. The molecule has 0 aromatic carbocycles. The van der Waals surface area contributed by atoms with Gasteiger partial charge in [0.1, 0.15) is 6.61 Å². The first-order chi connectivity index (χ1) is 34.6. The number of carbonyl (C=O) groups excluding carboxylic acids is 2. The van der Waals surface area contributed by atoms with Crippen molar-refractivity contribution in [3.63, 3.8) is 0 Å². The Morgan fingerprint density at radius 3 is 1.06 bits per heavy atom. The van der Waals surface area contributed by atoms with Gasteiger partial charge < -0.3 is 14.2 Å². The van der Waals surface area contributed by atoms with Gasteiger partial charge in [-0.1, -0.05) is 225 Å². The van der Waals surface area contributed by atoms with Crippen LogP contribution >= 0.6 is 0 Å². The smallest absolute Gasteiger partial charge is 0.306 e. The van der Waals surface area contributed by atoms with Gasteiger partial charge in [-0.25, -0.2) is 0 Å². The fraction of sp³-hybridized carbons (Fsp3) is 0.631. The zero-order chi connectivity index (χ0) is 50.6. The number of allylic oxidation sites excluding steroid dienone is 22. The van der Waals surface area contributed by atoms with Crippen LogP contribution in [0, 0.1) is 0 Å². The second-order valence-electron chi connectivity index (χ2n) is 18.4. The van der Waals surface area contributed by atoms with E-state index in [-0.39, 0.29) is 25.2 Å². The largest absolute Gasteiger partial charge is 0.462 e. The molecule has 0 spiro atoms. The SMILES string of the molecule is CC/C=C\C/C=C\C/C=C\C/C=C\CCCCCCCCC(=O)OCC(COCCCCCCCCC/C=C\C/C=C\C/C=C\CCCCC)OC(=O)CCCC/C=C\C/C=C\C/C=C\C/C=C\CC. The molecule has 0 aromatic heterocycles. The Morgan fingerprint density at radius 1 is 0.329 bits per heavy atom. The maximum atomic E-state index is 12.8. The monoisotopic (exact) mass is 967 g/mol. The number of hydrogen-bond acceptors (Lipinski definition) is 5. The molecule has 5 nitrogen and oxygen atoms in total. The van der Waals surface area contributed by atoms with Gasteiger partial charge in [-0.2, -0.15) is 0 Å². The highest BCUT2D eigenvalue weighted by atomic mass is 16.6. The minimum Gasteiger partial charge on any atom is -0.462 e. The lowest BCUT2D eigenvalue weighted by Gasteiger charge is -2.18. The first-order valence-corrected chi connectivity index (χ1v) is 28.7. The fourth-order valence-electron chi connectivity index (χ4n) is 7.44. The summed E-state index contributed by atoms with van der Waals surface area (Å²) in [6.45, 7) is 7.49. The van der Waals surface area contributed by atoms with Crippen molar-refractivity contribution in [1.29, 1.82) is 0 Å². The molecule has 0 aliphatic rings. The predicted octanol–water partition coefficient (Wildman–Crippen LogP) is 19.9. The molecule has 1 atom stereocenters. The van der Waals surface area contributed by atoms with Gasteiger partial charge in [0, 0.05) is 19.4 Å². The number of carbonyl (C=O) groups is 2. The first kappa shape index (κ1) is 66.0. The van der Waals surface area contributed by atoms with Gasteiger partial charge in [0.15, 0.2) is 6.10 Å². The normalized spacial score (nSPS) is 13.2. The van der Waals surface area contributed by atoms with Gasteiger partial charge in [-0.15, -0.1) is 0 Å². The van der Waals surface area contributed by atoms with E-state index >= 15 is 0 Å². The van der Waals surface area contributed by atoms with Crippen molar-refractivity contribution in [3.05, 3.63) is 134 Å². The van der Waals surface area contributed by atoms with E-state index in [9.17, 15) is 9.59 Å². The average molecular weight is 968 g/mol. The highest BCUT2D eigenvalue weighted by Gasteiger charge is 2.17. The molecule has 0 rings (SSSR count). The minimum absolute atomic E-state index is 0.0482. The number of esters is 2. The second kappa shape index (κ2) is 59.3. The van der Waals surface area contributed by atoms with Crippen LogP contribution < -0.4 is 0 Å². The fourth-order valence-corrected chi connectivity index (χ4v) is 7.44. The zero-order valence-corrected chi connectivity index (χ0v) is 45.5. The number of ether oxygens (including phenoxy) is 3. The Balaban J connectivity index is 4.40. The van der Waals surface area contributed by atoms with Crippen molar-refractivity contribution in [1.82, 2.24) is 0 Å². The van der Waals surface area contributed by atoms with E-state index in [1.165, 1.54) is 83.5 Å². The maximum Gasteiger partial charge on any atom is 0.306 e. The Hall–Kier alpha value is -3.96. The predicted molar refractivity (Wildman–Crippen MR) is 306 cm³/mol. The zero-order valence-electron chi connectivity index (χ0n) is 45.5. The third-order valence-electron chi connectivity index (χ3n) is 11.7. The van der Waals surface area contributed by atoms with Gasteiger partial charge in [-0.3, -0.25) is 9.59 Å². The van der Waals surface area contributed by atoms with Crippen molar-refractivity contribution >= 4 is 11.9 Å². The maximum absolute atomic E-state index is 12.8. The standard InChI is InChI=1S/C65H106O5/c1-4-7-10-13-16-19-22-25-28-30-32-34-36-39-42-45-48-51-54-57-60-68-61-63(70-65(67)59-56-53-50-47-44-41-37-27-24-21-18-15-12-9-6-3)62-69-64(66)58-55-52-49-46-43-40-38-35-33-31-29-26-23-20-17-14-11-8-5-2/h8-9,11-12,16-21,25-29,32-35,37,44,47,63H,4-7,10,13-15,22-24,30-31,36,38-43,45-46,48-62H2,1-3H3/b11-8-,12-9-,19-16-,20-17-,21-18-,28-25-,29-26-,34-32-,35-33-,37-27-,47-44-. The van der Waals surface area contributed by atoms with Gasteiger partial charge in [0.25, 0.3) is 0 Å². The summed E-state index contributed by atoms with van der Waals surface area (Å²) < 4.78 is 17.4. The third kappa shape index (κ3) is 56.6. The molecule has 0 aliphatic carbocycles. The highest BCUT2D eigenvalue weighted by Crippen LogP contribution is 2.13. The third-order valence-corrected chi connectivity index (χ3v) is 11.7. The van der Waals surface area contributed by atoms with Crippen molar-refractivity contribution in [2.45, 2.75) is 245 Å². The molecule has 0 aliphatic heterocycles. The van der Waals surface area contributed by atoms with Crippen molar-refractivity contribution in [2.75, 3.05) is 19.8 Å². The molecule has 0 radical (unpaired) electrons. The van der Waals surface area contributed by atoms with Gasteiger partial charge >= 0.3 is 11.9 Å². The molecule has 0 aromatic rings. The lowest BCUT2D eigenvalue weighted by atomic mass is 10.1. The molecule has 0 N–H and O–H groups in total. The summed E-state index contributed by atoms with van der Waals surface area (Å²) in [6.07, 6.45) is 84.7. The summed E-state index contributed by atoms with van der Waals surface area (Å²) in [6, 6.07) is 0. The molecule has 5 heteroatoms. The lowest BCUT2D eigenvalue weighted by molar-refractivity contribution is -0.163. The summed E-state index contributed by atoms with van der Waals surface area (Å²) in [4.78, 5) is 25.5. The molecule has 1 unspecified atom stereocenters. The molecule has 70 heavy (non-hydrogen) atoms. The summed E-state index contributed by atoms with van der Waals surface area (Å²) in [7, 11) is 0. The van der Waals surface area contributed by atoms with E-state index in [1.807, 2.05) is 0 Å². The lowest BCUT2D eigenvalue weighted by Crippen LogP contribution is -2.30. The van der Waals surface area contributed by atoms with Crippen LogP contribution in [0.4, 0.5) is 0 Å². The van der Waals surface area contributed by atoms with E-state index in [2.05, 4.69) is 154 Å². The van der Waals surface area contributed by atoms with Crippen LogP contribution in [-0.2, 0) is 23.8 Å². The second-order valence-corrected chi connectivity index (χ2v) is 18.4. The number of hydrogen-bond donors (Lipinski definition) is 0. The first-order valence-electron chi connectivity index (χ1n) is 28.7. The number of unbranched alkanes of at least 4 members (excludes halogenated alkanes) is 18. The van der Waals surface area contributed by atoms with Crippen LogP contribution in [0.25, 0.3) is 0 Å². The molecule has 0 amide bonds. The molecule has 0 saturated heterocycles. The van der Waals surface area contributed by atoms with E-state index in [1.54, 1.807) is 0 Å². The molecule has 0 bridgehead atoms. The van der Waals surface area contributed by atoms with Crippen LogP contribution in [0.2, 0.25) is 0 Å². The van der Waals surface area contributed by atoms with Crippen LogP contribution in [0.5, 0.6) is 0 Å². The van der Waals surface area contributed by atoms with Crippen molar-refractivity contribution in [3.8, 4) is 0 Å². The number of rotatable bonds is 51. The Labute approximate surface area is 432 Å². The molecule has 0 fully saturated rings. The van der Waals surface area contributed by atoms with Crippen molar-refractivity contribution < 1.29 is 23.8 Å². The summed E-state index contributed by atoms with van der Waals surface area (Å²) in [5.41, 5.74) is 0. The van der Waals surface area contributed by atoms with Crippen LogP contribution in [0.15, 0.2) is 134 Å². The van der Waals surface area contributed by atoms with Crippen LogP contribution in [0.1, 0.15) is 239 Å². The van der Waals surface area contributed by atoms with Crippen LogP contribution in [-0.4, -0.2) is 37.9 Å². The summed E-state index contributed by atoms with van der Waals surface area (Å²) >= 11 is 0.